The lowest BCUT2D eigenvalue weighted by Gasteiger charge is -2.33. The Bertz CT molecular complexity index is 785. The first-order valence-electron chi connectivity index (χ1n) is 7.81. The van der Waals surface area contributed by atoms with Gasteiger partial charge in [0, 0.05) is 37.4 Å². The molecule has 1 atom stereocenters. The van der Waals surface area contributed by atoms with Crippen LogP contribution < -0.4 is 5.32 Å². The average molecular weight is 313 g/mol. The lowest BCUT2D eigenvalue weighted by atomic mass is 10.0. The molecule has 120 valence electrons. The number of aryl methyl sites for hydroxylation is 1. The summed E-state index contributed by atoms with van der Waals surface area (Å²) >= 11 is 0. The molecule has 0 aliphatic carbocycles. The predicted molar refractivity (Wildman–Crippen MR) is 85.1 cm³/mol. The highest BCUT2D eigenvalue weighted by Gasteiger charge is 2.43. The van der Waals surface area contributed by atoms with Gasteiger partial charge < -0.3 is 19.5 Å². The summed E-state index contributed by atoms with van der Waals surface area (Å²) in [6, 6.07) is 7.82. The van der Waals surface area contributed by atoms with Gasteiger partial charge in [-0.15, -0.1) is 0 Å². The average Bonchev–Trinajstić information content (AvgIpc) is 3.15. The summed E-state index contributed by atoms with van der Waals surface area (Å²) in [5, 5.41) is 3.96. The number of benzene rings is 1. The van der Waals surface area contributed by atoms with E-state index in [1.165, 1.54) is 0 Å². The van der Waals surface area contributed by atoms with Crippen molar-refractivity contribution in [3.05, 3.63) is 36.0 Å². The third kappa shape index (κ3) is 2.39. The molecule has 2 saturated heterocycles. The van der Waals surface area contributed by atoms with Crippen LogP contribution in [-0.2, 0) is 16.6 Å². The molecule has 2 fully saturated rings. The first-order chi connectivity index (χ1) is 11.1. The van der Waals surface area contributed by atoms with Crippen LogP contribution in [0, 0.1) is 0 Å². The van der Waals surface area contributed by atoms with Crippen LogP contribution >= 0.6 is 0 Å². The van der Waals surface area contributed by atoms with E-state index < -0.39 is 5.60 Å². The number of carbonyl (C=O) groups excluding carboxylic acids is 2. The second-order valence-corrected chi connectivity index (χ2v) is 6.43. The van der Waals surface area contributed by atoms with Gasteiger partial charge in [0.25, 0.3) is 5.91 Å². The number of fused-ring (bicyclic) bond motifs is 1. The molecule has 1 aromatic heterocycles. The molecule has 2 aliphatic rings. The quantitative estimate of drug-likeness (QED) is 0.851. The molecule has 0 radical (unpaired) electrons. The highest BCUT2D eigenvalue weighted by atomic mass is 16.5. The zero-order valence-corrected chi connectivity index (χ0v) is 13.0. The molecule has 6 nitrogen and oxygen atoms in total. The summed E-state index contributed by atoms with van der Waals surface area (Å²) < 4.78 is 7.73. The maximum Gasteiger partial charge on any atom is 0.254 e. The van der Waals surface area contributed by atoms with Crippen molar-refractivity contribution in [2.45, 2.75) is 12.0 Å². The number of ether oxygens (including phenoxy) is 1. The molecule has 1 spiro atoms. The Morgan fingerprint density at radius 3 is 3.00 bits per heavy atom. The molecule has 1 unspecified atom stereocenters. The van der Waals surface area contributed by atoms with Gasteiger partial charge >= 0.3 is 0 Å². The number of likely N-dealkylation sites (tertiary alicyclic amines) is 1. The topological polar surface area (TPSA) is 63.6 Å². The lowest BCUT2D eigenvalue weighted by molar-refractivity contribution is -0.141. The number of nitrogens with one attached hydrogen (secondary N) is 1. The van der Waals surface area contributed by atoms with Gasteiger partial charge in [-0.1, -0.05) is 6.07 Å². The number of amides is 2. The summed E-state index contributed by atoms with van der Waals surface area (Å²) in [5.74, 6) is -0.0694. The molecule has 23 heavy (non-hydrogen) atoms. The summed E-state index contributed by atoms with van der Waals surface area (Å²) in [7, 11) is 1.97. The van der Waals surface area contributed by atoms with E-state index in [-0.39, 0.29) is 18.4 Å². The predicted octanol–water partition coefficient (Wildman–Crippen LogP) is 0.909. The third-order valence-corrected chi connectivity index (χ3v) is 4.86. The van der Waals surface area contributed by atoms with Crippen LogP contribution in [0.2, 0.25) is 0 Å². The van der Waals surface area contributed by atoms with E-state index in [1.807, 2.05) is 47.0 Å². The Hall–Kier alpha value is -2.34. The van der Waals surface area contributed by atoms with Gasteiger partial charge in [-0.05, 0) is 30.0 Å². The molecular weight excluding hydrogens is 294 g/mol. The summed E-state index contributed by atoms with van der Waals surface area (Å²) in [6.45, 7) is 1.74. The van der Waals surface area contributed by atoms with Crippen molar-refractivity contribution in [1.29, 1.82) is 0 Å². The Balaban J connectivity index is 1.54. The second kappa shape index (κ2) is 5.09. The van der Waals surface area contributed by atoms with E-state index in [2.05, 4.69) is 5.32 Å². The zero-order chi connectivity index (χ0) is 16.0. The fourth-order valence-electron chi connectivity index (χ4n) is 3.44. The summed E-state index contributed by atoms with van der Waals surface area (Å²) in [5.41, 5.74) is 1.32. The van der Waals surface area contributed by atoms with Gasteiger partial charge in [0.05, 0.1) is 6.54 Å². The number of hydrogen-bond acceptors (Lipinski definition) is 3. The van der Waals surface area contributed by atoms with Crippen LogP contribution in [0.1, 0.15) is 16.8 Å². The largest absolute Gasteiger partial charge is 0.361 e. The Morgan fingerprint density at radius 2 is 2.22 bits per heavy atom. The molecule has 6 heteroatoms. The minimum Gasteiger partial charge on any atom is -0.361 e. The van der Waals surface area contributed by atoms with Crippen LogP contribution in [0.4, 0.5) is 0 Å². The SMILES string of the molecule is Cn1ccc2ccc(C(=O)N3CCC4(CNC(=O)CO4)C3)cc21. The Labute approximate surface area is 134 Å². The fraction of sp³-hybridized carbons (Fsp3) is 0.412. The fourth-order valence-corrected chi connectivity index (χ4v) is 3.44. The third-order valence-electron chi connectivity index (χ3n) is 4.86. The van der Waals surface area contributed by atoms with Gasteiger partial charge in [0.1, 0.15) is 12.2 Å². The van der Waals surface area contributed by atoms with E-state index in [4.69, 9.17) is 4.74 Å². The van der Waals surface area contributed by atoms with Gasteiger partial charge in [0.2, 0.25) is 5.91 Å². The van der Waals surface area contributed by atoms with Gasteiger partial charge in [-0.3, -0.25) is 9.59 Å². The Morgan fingerprint density at radius 1 is 1.35 bits per heavy atom. The number of morpholine rings is 1. The Kier molecular flexibility index (Phi) is 3.16. The molecule has 0 bridgehead atoms. The van der Waals surface area contributed by atoms with Crippen LogP contribution in [0.25, 0.3) is 10.9 Å². The van der Waals surface area contributed by atoms with Crippen LogP contribution in [0.5, 0.6) is 0 Å². The molecule has 2 aliphatic heterocycles. The molecule has 1 aromatic carbocycles. The van der Waals surface area contributed by atoms with Crippen molar-refractivity contribution in [2.75, 3.05) is 26.2 Å². The van der Waals surface area contributed by atoms with Crippen molar-refractivity contribution < 1.29 is 14.3 Å². The van der Waals surface area contributed by atoms with Crippen LogP contribution in [-0.4, -0.2) is 53.1 Å². The van der Waals surface area contributed by atoms with Gasteiger partial charge in [-0.25, -0.2) is 0 Å². The number of hydrogen-bond donors (Lipinski definition) is 1. The maximum absolute atomic E-state index is 12.8. The first kappa shape index (κ1) is 14.3. The molecule has 1 N–H and O–H groups in total. The van der Waals surface area contributed by atoms with Crippen molar-refractivity contribution in [3.63, 3.8) is 0 Å². The van der Waals surface area contributed by atoms with E-state index in [1.54, 1.807) is 0 Å². The minimum absolute atomic E-state index is 0.0190. The molecule has 0 saturated carbocycles. The van der Waals surface area contributed by atoms with Crippen molar-refractivity contribution >= 4 is 22.7 Å². The van der Waals surface area contributed by atoms with Gasteiger partial charge in [0.15, 0.2) is 0 Å². The maximum atomic E-state index is 12.8. The monoisotopic (exact) mass is 313 g/mol. The van der Waals surface area contributed by atoms with E-state index in [0.717, 1.165) is 17.3 Å². The van der Waals surface area contributed by atoms with Crippen molar-refractivity contribution in [2.24, 2.45) is 7.05 Å². The lowest BCUT2D eigenvalue weighted by Crippen LogP contribution is -2.54. The van der Waals surface area contributed by atoms with E-state index >= 15 is 0 Å². The molecule has 3 heterocycles. The first-order valence-corrected chi connectivity index (χ1v) is 7.81. The molecule has 4 rings (SSSR count). The standard InChI is InChI=1S/C17H19N3O3/c1-19-6-4-12-2-3-13(8-14(12)19)16(22)20-7-5-17(11-20)10-18-15(21)9-23-17/h2-4,6,8H,5,7,9-11H2,1H3,(H,18,21). The number of carbonyl (C=O) groups is 2. The van der Waals surface area contributed by atoms with Crippen molar-refractivity contribution in [3.8, 4) is 0 Å². The molecule has 2 aromatic rings. The smallest absolute Gasteiger partial charge is 0.254 e. The zero-order valence-electron chi connectivity index (χ0n) is 13.0. The van der Waals surface area contributed by atoms with Gasteiger partial charge in [-0.2, -0.15) is 0 Å². The number of nitrogens with zero attached hydrogens (tertiary/aromatic N) is 2. The summed E-state index contributed by atoms with van der Waals surface area (Å²) in [6.07, 6.45) is 2.74. The number of rotatable bonds is 1. The van der Waals surface area contributed by atoms with Crippen molar-refractivity contribution in [1.82, 2.24) is 14.8 Å². The highest BCUT2D eigenvalue weighted by Crippen LogP contribution is 2.28. The second-order valence-electron chi connectivity index (χ2n) is 6.43. The normalized spacial score (nSPS) is 24.4. The minimum atomic E-state index is -0.418. The summed E-state index contributed by atoms with van der Waals surface area (Å²) in [4.78, 5) is 25.9. The van der Waals surface area contributed by atoms with E-state index in [0.29, 0.717) is 25.2 Å². The molecule has 2 amide bonds. The highest BCUT2D eigenvalue weighted by molar-refractivity contribution is 5.98. The van der Waals surface area contributed by atoms with Crippen LogP contribution in [0.15, 0.2) is 30.5 Å². The number of aromatic nitrogens is 1. The molecular formula is C17H19N3O3. The van der Waals surface area contributed by atoms with E-state index in [9.17, 15) is 9.59 Å². The van der Waals surface area contributed by atoms with Crippen LogP contribution in [0.3, 0.4) is 0 Å².